The lowest BCUT2D eigenvalue weighted by molar-refractivity contribution is 0.313. The summed E-state index contributed by atoms with van der Waals surface area (Å²) in [5.74, 6) is 1.39. The average Bonchev–Trinajstić information content (AvgIpc) is 2.79. The van der Waals surface area contributed by atoms with Crippen LogP contribution in [0.1, 0.15) is 30.5 Å². The summed E-state index contributed by atoms with van der Waals surface area (Å²) in [4.78, 5) is 2.37. The number of hydrogen-bond acceptors (Lipinski definition) is 3. The van der Waals surface area contributed by atoms with Crippen molar-refractivity contribution in [3.05, 3.63) is 28.3 Å². The fraction of sp³-hybridized carbons (Fsp3) is 0.600. The Morgan fingerprint density at radius 2 is 2.21 bits per heavy atom. The van der Waals surface area contributed by atoms with Crippen LogP contribution in [-0.2, 0) is 6.42 Å². The molecule has 2 atom stereocenters. The lowest BCUT2D eigenvalue weighted by Gasteiger charge is -2.21. The molecular formula is C15H23ClN2O. The minimum absolute atomic E-state index is 0.419. The van der Waals surface area contributed by atoms with Gasteiger partial charge in [0.15, 0.2) is 0 Å². The van der Waals surface area contributed by atoms with Gasteiger partial charge in [0.25, 0.3) is 0 Å². The number of methoxy groups -OCH3 is 1. The molecule has 0 bridgehead atoms. The van der Waals surface area contributed by atoms with E-state index in [1.165, 1.54) is 11.1 Å². The summed E-state index contributed by atoms with van der Waals surface area (Å²) in [6.45, 7) is 3.94. The van der Waals surface area contributed by atoms with Crippen LogP contribution in [-0.4, -0.2) is 32.1 Å². The highest BCUT2D eigenvalue weighted by Gasteiger charge is 2.30. The maximum absolute atomic E-state index is 6.34. The Kier molecular flexibility index (Phi) is 4.71. The first-order chi connectivity index (χ1) is 9.10. The van der Waals surface area contributed by atoms with Gasteiger partial charge < -0.3 is 10.5 Å². The van der Waals surface area contributed by atoms with Crippen LogP contribution in [0, 0.1) is 5.92 Å². The summed E-state index contributed by atoms with van der Waals surface area (Å²) < 4.78 is 5.39. The normalized spacial score (nSPS) is 23.8. The molecule has 106 valence electrons. The molecule has 19 heavy (non-hydrogen) atoms. The molecule has 0 aromatic heterocycles. The Labute approximate surface area is 120 Å². The minimum atomic E-state index is 0.419. The van der Waals surface area contributed by atoms with E-state index in [-0.39, 0.29) is 0 Å². The van der Waals surface area contributed by atoms with Gasteiger partial charge in [-0.1, -0.05) is 24.6 Å². The van der Waals surface area contributed by atoms with E-state index in [9.17, 15) is 0 Å². The number of nitrogens with two attached hydrogens (primary N) is 1. The van der Waals surface area contributed by atoms with Gasteiger partial charge in [0, 0.05) is 12.6 Å². The molecule has 2 rings (SSSR count). The Morgan fingerprint density at radius 1 is 1.47 bits per heavy atom. The number of aryl methyl sites for hydroxylation is 1. The van der Waals surface area contributed by atoms with Gasteiger partial charge in [-0.25, -0.2) is 0 Å². The predicted octanol–water partition coefficient (Wildman–Crippen LogP) is 2.86. The number of benzene rings is 1. The molecule has 1 aliphatic rings. The van der Waals surface area contributed by atoms with Gasteiger partial charge in [-0.3, -0.25) is 4.90 Å². The van der Waals surface area contributed by atoms with Crippen LogP contribution in [0.25, 0.3) is 0 Å². The minimum Gasteiger partial charge on any atom is -0.495 e. The Balaban J connectivity index is 2.33. The first-order valence-electron chi connectivity index (χ1n) is 6.87. The molecule has 3 nitrogen and oxygen atoms in total. The quantitative estimate of drug-likeness (QED) is 0.923. The fourth-order valence-electron chi connectivity index (χ4n) is 3.02. The van der Waals surface area contributed by atoms with Gasteiger partial charge in [0.05, 0.1) is 12.1 Å². The molecule has 1 heterocycles. The van der Waals surface area contributed by atoms with Crippen molar-refractivity contribution in [1.82, 2.24) is 4.90 Å². The van der Waals surface area contributed by atoms with E-state index >= 15 is 0 Å². The molecule has 0 radical (unpaired) electrons. The number of hydrogen-bond donors (Lipinski definition) is 1. The van der Waals surface area contributed by atoms with Crippen molar-refractivity contribution in [3.8, 4) is 5.75 Å². The SMILES string of the molecule is CCc1cc(C2CC(CN)CN2C)cc(Cl)c1OC. The molecule has 1 fully saturated rings. The molecule has 2 unspecified atom stereocenters. The van der Waals surface area contributed by atoms with Crippen LogP contribution in [0.4, 0.5) is 0 Å². The Bertz CT molecular complexity index is 450. The Hall–Kier alpha value is -0.770. The number of rotatable bonds is 4. The zero-order chi connectivity index (χ0) is 14.0. The number of nitrogens with zero attached hydrogens (tertiary/aromatic N) is 1. The van der Waals surface area contributed by atoms with Gasteiger partial charge in [-0.2, -0.15) is 0 Å². The maximum Gasteiger partial charge on any atom is 0.140 e. The third-order valence-corrected chi connectivity index (χ3v) is 4.36. The standard InChI is InChI=1S/C15H23ClN2O/c1-4-11-6-12(7-13(16)15(11)19-3)14-5-10(8-17)9-18(14)2/h6-7,10,14H,4-5,8-9,17H2,1-3H3. The van der Waals surface area contributed by atoms with Gasteiger partial charge in [0.2, 0.25) is 0 Å². The third kappa shape index (κ3) is 2.88. The Morgan fingerprint density at radius 3 is 2.74 bits per heavy atom. The molecule has 4 heteroatoms. The molecule has 0 spiro atoms. The van der Waals surface area contributed by atoms with Crippen molar-refractivity contribution in [2.75, 3.05) is 27.2 Å². The summed E-state index contributed by atoms with van der Waals surface area (Å²) in [7, 11) is 3.83. The van der Waals surface area contributed by atoms with Crippen molar-refractivity contribution < 1.29 is 4.74 Å². The van der Waals surface area contributed by atoms with E-state index in [4.69, 9.17) is 22.1 Å². The van der Waals surface area contributed by atoms with Crippen molar-refractivity contribution in [2.24, 2.45) is 11.7 Å². The molecule has 1 aliphatic heterocycles. The smallest absolute Gasteiger partial charge is 0.140 e. The predicted molar refractivity (Wildman–Crippen MR) is 79.9 cm³/mol. The van der Waals surface area contributed by atoms with Crippen molar-refractivity contribution in [2.45, 2.75) is 25.8 Å². The second-order valence-corrected chi connectivity index (χ2v) is 5.75. The van der Waals surface area contributed by atoms with E-state index < -0.39 is 0 Å². The monoisotopic (exact) mass is 282 g/mol. The van der Waals surface area contributed by atoms with Crippen LogP contribution < -0.4 is 10.5 Å². The van der Waals surface area contributed by atoms with Crippen LogP contribution in [0.3, 0.4) is 0 Å². The van der Waals surface area contributed by atoms with Crippen molar-refractivity contribution in [3.63, 3.8) is 0 Å². The average molecular weight is 283 g/mol. The first kappa shape index (κ1) is 14.6. The molecule has 1 aromatic rings. The summed E-state index contributed by atoms with van der Waals surface area (Å²) >= 11 is 6.34. The van der Waals surface area contributed by atoms with E-state index in [1.54, 1.807) is 7.11 Å². The third-order valence-electron chi connectivity index (χ3n) is 4.08. The molecule has 2 N–H and O–H groups in total. The van der Waals surface area contributed by atoms with Gasteiger partial charge in [0.1, 0.15) is 5.75 Å². The molecule has 1 aromatic carbocycles. The van der Waals surface area contributed by atoms with Crippen LogP contribution >= 0.6 is 11.6 Å². The lowest BCUT2D eigenvalue weighted by atomic mass is 9.97. The maximum atomic E-state index is 6.34. The highest BCUT2D eigenvalue weighted by molar-refractivity contribution is 6.32. The van der Waals surface area contributed by atoms with Crippen molar-refractivity contribution in [1.29, 1.82) is 0 Å². The highest BCUT2D eigenvalue weighted by Crippen LogP contribution is 2.38. The van der Waals surface area contributed by atoms with E-state index in [2.05, 4.69) is 24.9 Å². The summed E-state index contributed by atoms with van der Waals surface area (Å²) in [6.07, 6.45) is 2.03. The second kappa shape index (κ2) is 6.12. The lowest BCUT2D eigenvalue weighted by Crippen LogP contribution is -2.20. The first-order valence-corrected chi connectivity index (χ1v) is 7.25. The van der Waals surface area contributed by atoms with E-state index in [0.717, 1.165) is 31.7 Å². The molecule has 1 saturated heterocycles. The zero-order valence-electron chi connectivity index (χ0n) is 11.9. The molecule has 0 aliphatic carbocycles. The molecular weight excluding hydrogens is 260 g/mol. The van der Waals surface area contributed by atoms with Crippen LogP contribution in [0.5, 0.6) is 5.75 Å². The molecule has 0 saturated carbocycles. The second-order valence-electron chi connectivity index (χ2n) is 5.34. The summed E-state index contributed by atoms with van der Waals surface area (Å²) in [5.41, 5.74) is 8.25. The summed E-state index contributed by atoms with van der Waals surface area (Å²) in [5, 5.41) is 0.710. The van der Waals surface area contributed by atoms with E-state index in [1.807, 2.05) is 6.07 Å². The van der Waals surface area contributed by atoms with Crippen LogP contribution in [0.2, 0.25) is 5.02 Å². The van der Waals surface area contributed by atoms with Crippen LogP contribution in [0.15, 0.2) is 12.1 Å². The number of likely N-dealkylation sites (tertiary alicyclic amines) is 1. The van der Waals surface area contributed by atoms with Gasteiger partial charge in [-0.15, -0.1) is 0 Å². The zero-order valence-corrected chi connectivity index (χ0v) is 12.7. The largest absolute Gasteiger partial charge is 0.495 e. The summed E-state index contributed by atoms with van der Waals surface area (Å²) in [6, 6.07) is 4.69. The number of halogens is 1. The number of ether oxygens (including phenoxy) is 1. The highest BCUT2D eigenvalue weighted by atomic mass is 35.5. The topological polar surface area (TPSA) is 38.5 Å². The van der Waals surface area contributed by atoms with Gasteiger partial charge in [-0.05, 0) is 49.5 Å². The van der Waals surface area contributed by atoms with E-state index in [0.29, 0.717) is 17.0 Å². The molecule has 0 amide bonds. The van der Waals surface area contributed by atoms with Crippen molar-refractivity contribution >= 4 is 11.6 Å². The fourth-order valence-corrected chi connectivity index (χ4v) is 3.35. The van der Waals surface area contributed by atoms with Gasteiger partial charge >= 0.3 is 0 Å².